The number of aliphatic imine (C=N–C) groups is 1. The Morgan fingerprint density at radius 1 is 1.07 bits per heavy atom. The van der Waals surface area contributed by atoms with E-state index in [4.69, 9.17) is 19.2 Å². The Bertz CT molecular complexity index is 1300. The first-order chi connectivity index (χ1) is 21.3. The molecule has 0 aromatic heterocycles. The lowest BCUT2D eigenvalue weighted by molar-refractivity contribution is -0.129. The Balaban J connectivity index is 1.29. The van der Waals surface area contributed by atoms with E-state index in [1.807, 2.05) is 30.3 Å². The number of ether oxygens (including phenoxy) is 3. The van der Waals surface area contributed by atoms with Crippen LogP contribution in [0.2, 0.25) is 0 Å². The number of Topliss-reactive ketones (excluding diaryl/α,β-unsaturated/α-hetero) is 1. The number of alkyl carbamates (subject to hydrolysis) is 1. The van der Waals surface area contributed by atoms with Gasteiger partial charge in [-0.15, -0.1) is 0 Å². The number of amides is 2. The molecule has 3 aliphatic rings. The van der Waals surface area contributed by atoms with Gasteiger partial charge in [-0.3, -0.25) is 19.9 Å². The fourth-order valence-electron chi connectivity index (χ4n) is 6.41. The number of carbonyl (C=O) groups is 3. The van der Waals surface area contributed by atoms with Crippen LogP contribution in [-0.4, -0.2) is 61.6 Å². The van der Waals surface area contributed by atoms with Gasteiger partial charge in [0.2, 0.25) is 5.91 Å². The summed E-state index contributed by atoms with van der Waals surface area (Å²) in [5.41, 5.74) is 1.89. The average Bonchev–Trinajstić information content (AvgIpc) is 3.35. The SMILES string of the molecule is CCOC(=O)NC(=NC(CC1CCC2(CCC2)CC1)C(=O)NC1COC(COCc2ccccc2)C1=O)c1ccc(F)cc1. The normalized spacial score (nSPS) is 22.3. The van der Waals surface area contributed by atoms with E-state index in [2.05, 4.69) is 10.6 Å². The summed E-state index contributed by atoms with van der Waals surface area (Å²) in [6.07, 6.45) is 7.09. The van der Waals surface area contributed by atoms with Crippen molar-refractivity contribution in [1.29, 1.82) is 0 Å². The smallest absolute Gasteiger partial charge is 0.412 e. The molecule has 44 heavy (non-hydrogen) atoms. The highest BCUT2D eigenvalue weighted by Gasteiger charge is 2.42. The maximum absolute atomic E-state index is 13.8. The van der Waals surface area contributed by atoms with Gasteiger partial charge in [0, 0.05) is 5.56 Å². The highest BCUT2D eigenvalue weighted by atomic mass is 19.1. The summed E-state index contributed by atoms with van der Waals surface area (Å²) < 4.78 is 30.2. The van der Waals surface area contributed by atoms with E-state index in [9.17, 15) is 18.8 Å². The summed E-state index contributed by atoms with van der Waals surface area (Å²) in [4.78, 5) is 44.1. The standard InChI is InChI=1S/C34H42FN3O6/c1-2-43-33(41)38-31(25-9-11-26(35)12-10-25)36-27(19-23-13-17-34(18-14-23)15-6-16-34)32(40)37-28-21-44-29(30(28)39)22-42-20-24-7-4-3-5-8-24/h3-5,7-12,23,27-29H,2,6,13-22H2,1H3,(H,37,40)(H,36,38,41). The molecule has 2 amide bonds. The van der Waals surface area contributed by atoms with Gasteiger partial charge in [0.05, 0.1) is 26.4 Å². The molecule has 2 N–H and O–H groups in total. The number of nitrogens with one attached hydrogen (secondary N) is 2. The summed E-state index contributed by atoms with van der Waals surface area (Å²) in [7, 11) is 0. The average molecular weight is 608 g/mol. The Kier molecular flexibility index (Phi) is 10.8. The summed E-state index contributed by atoms with van der Waals surface area (Å²) in [5.74, 6) is -0.731. The molecule has 0 radical (unpaired) electrons. The molecular weight excluding hydrogens is 565 g/mol. The summed E-state index contributed by atoms with van der Waals surface area (Å²) in [6, 6.07) is 13.4. The summed E-state index contributed by atoms with van der Waals surface area (Å²) in [5, 5.41) is 5.49. The minimum absolute atomic E-state index is 0.0399. The van der Waals surface area contributed by atoms with Gasteiger partial charge in [-0.1, -0.05) is 36.8 Å². The van der Waals surface area contributed by atoms with E-state index < -0.39 is 36.0 Å². The molecule has 1 heterocycles. The number of rotatable bonds is 11. The van der Waals surface area contributed by atoms with Crippen molar-refractivity contribution in [1.82, 2.24) is 10.6 Å². The van der Waals surface area contributed by atoms with Crippen molar-refractivity contribution in [3.63, 3.8) is 0 Å². The monoisotopic (exact) mass is 607 g/mol. The fraction of sp³-hybridized carbons (Fsp3) is 0.529. The van der Waals surface area contributed by atoms with E-state index in [1.54, 1.807) is 6.92 Å². The summed E-state index contributed by atoms with van der Waals surface area (Å²) >= 11 is 0. The van der Waals surface area contributed by atoms with Crippen molar-refractivity contribution in [3.05, 3.63) is 71.5 Å². The molecular formula is C34H42FN3O6. The van der Waals surface area contributed by atoms with Crippen LogP contribution in [0.5, 0.6) is 0 Å². The number of nitrogens with zero attached hydrogens (tertiary/aromatic N) is 1. The molecule has 1 spiro atoms. The summed E-state index contributed by atoms with van der Waals surface area (Å²) in [6.45, 7) is 2.31. The second-order valence-electron chi connectivity index (χ2n) is 12.2. The number of hydrogen-bond acceptors (Lipinski definition) is 7. The number of ketones is 1. The van der Waals surface area contributed by atoms with E-state index in [1.165, 1.54) is 43.5 Å². The van der Waals surface area contributed by atoms with Gasteiger partial charge in [-0.25, -0.2) is 9.18 Å². The van der Waals surface area contributed by atoms with Crippen molar-refractivity contribution >= 4 is 23.6 Å². The molecule has 9 nitrogen and oxygen atoms in total. The molecule has 5 rings (SSSR count). The topological polar surface area (TPSA) is 115 Å². The van der Waals surface area contributed by atoms with Gasteiger partial charge in [0.25, 0.3) is 0 Å². The molecule has 3 unspecified atom stereocenters. The molecule has 2 aromatic rings. The fourth-order valence-corrected chi connectivity index (χ4v) is 6.41. The van der Waals surface area contributed by atoms with Crippen LogP contribution in [0, 0.1) is 17.2 Å². The predicted octanol–water partition coefficient (Wildman–Crippen LogP) is 5.11. The van der Waals surface area contributed by atoms with E-state index in [0.29, 0.717) is 24.0 Å². The Morgan fingerprint density at radius 3 is 2.45 bits per heavy atom. The maximum atomic E-state index is 13.8. The third-order valence-electron chi connectivity index (χ3n) is 9.16. The molecule has 3 fully saturated rings. The van der Waals surface area contributed by atoms with Gasteiger partial charge in [0.1, 0.15) is 29.8 Å². The zero-order chi connectivity index (χ0) is 30.9. The van der Waals surface area contributed by atoms with Crippen molar-refractivity contribution in [2.45, 2.75) is 83.1 Å². The third-order valence-corrected chi connectivity index (χ3v) is 9.16. The molecule has 236 valence electrons. The first-order valence-electron chi connectivity index (χ1n) is 15.7. The lowest BCUT2D eigenvalue weighted by Crippen LogP contribution is -2.47. The number of amidine groups is 1. The second kappa shape index (κ2) is 14.9. The van der Waals surface area contributed by atoms with Crippen molar-refractivity contribution in [2.24, 2.45) is 16.3 Å². The van der Waals surface area contributed by atoms with Crippen molar-refractivity contribution in [2.75, 3.05) is 19.8 Å². The highest BCUT2D eigenvalue weighted by Crippen LogP contribution is 2.53. The van der Waals surface area contributed by atoms with Crippen LogP contribution in [0.25, 0.3) is 0 Å². The molecule has 2 saturated carbocycles. The molecule has 10 heteroatoms. The van der Waals surface area contributed by atoms with Gasteiger partial charge in [-0.05, 0) is 93.0 Å². The molecule has 2 aliphatic carbocycles. The van der Waals surface area contributed by atoms with Crippen LogP contribution < -0.4 is 10.6 Å². The lowest BCUT2D eigenvalue weighted by Gasteiger charge is -2.47. The van der Waals surface area contributed by atoms with Gasteiger partial charge < -0.3 is 19.5 Å². The van der Waals surface area contributed by atoms with Crippen LogP contribution in [0.1, 0.15) is 69.4 Å². The number of hydrogen-bond donors (Lipinski definition) is 2. The van der Waals surface area contributed by atoms with Crippen molar-refractivity contribution in [3.8, 4) is 0 Å². The van der Waals surface area contributed by atoms with Crippen LogP contribution in [0.4, 0.5) is 9.18 Å². The van der Waals surface area contributed by atoms with Gasteiger partial charge in [0.15, 0.2) is 5.78 Å². The van der Waals surface area contributed by atoms with E-state index in [-0.39, 0.29) is 37.4 Å². The maximum Gasteiger partial charge on any atom is 0.412 e. The third kappa shape index (κ3) is 8.30. The molecule has 0 bridgehead atoms. The van der Waals surface area contributed by atoms with E-state index >= 15 is 0 Å². The van der Waals surface area contributed by atoms with E-state index in [0.717, 1.165) is 31.2 Å². The number of carbonyl (C=O) groups excluding carboxylic acids is 3. The lowest BCUT2D eigenvalue weighted by atomic mass is 9.59. The van der Waals surface area contributed by atoms with Gasteiger partial charge in [-0.2, -0.15) is 0 Å². The van der Waals surface area contributed by atoms with Crippen LogP contribution in [-0.2, 0) is 30.4 Å². The predicted molar refractivity (Wildman–Crippen MR) is 163 cm³/mol. The van der Waals surface area contributed by atoms with Crippen LogP contribution in [0.3, 0.4) is 0 Å². The first-order valence-corrected chi connectivity index (χ1v) is 15.7. The Labute approximate surface area is 257 Å². The minimum Gasteiger partial charge on any atom is -0.450 e. The molecule has 1 aliphatic heterocycles. The number of halogens is 1. The molecule has 2 aromatic carbocycles. The van der Waals surface area contributed by atoms with Crippen LogP contribution >= 0.6 is 0 Å². The quantitative estimate of drug-likeness (QED) is 0.271. The number of benzene rings is 2. The zero-order valence-electron chi connectivity index (χ0n) is 25.3. The zero-order valence-corrected chi connectivity index (χ0v) is 25.3. The Hall–Kier alpha value is -3.63. The molecule has 1 saturated heterocycles. The van der Waals surface area contributed by atoms with Crippen molar-refractivity contribution < 1.29 is 33.0 Å². The largest absolute Gasteiger partial charge is 0.450 e. The highest BCUT2D eigenvalue weighted by molar-refractivity contribution is 6.07. The second-order valence-corrected chi connectivity index (χ2v) is 12.2. The Morgan fingerprint density at radius 2 is 1.80 bits per heavy atom. The van der Waals surface area contributed by atoms with Crippen LogP contribution in [0.15, 0.2) is 59.6 Å². The molecule has 3 atom stereocenters. The van der Waals surface area contributed by atoms with Gasteiger partial charge >= 0.3 is 6.09 Å². The first kappa shape index (κ1) is 31.8. The minimum atomic E-state index is -0.890.